The van der Waals surface area contributed by atoms with Crippen molar-refractivity contribution in [3.8, 4) is 0 Å². The molecule has 4 nitrogen and oxygen atoms in total. The normalized spacial score (nSPS) is 29.5. The standard InChI is InChI=1S/C18H34BrN4P/c1-4-6-9-20-13-15-22-11-8-12-23-16-14-21(10-7-5-2)18(23)24(3,19)17(20)22/h13-18,24H,4-12H2,1-3H3. The average molecular weight is 417 g/mol. The summed E-state index contributed by atoms with van der Waals surface area (Å²) in [4.78, 5) is 10.5. The van der Waals surface area contributed by atoms with E-state index in [-0.39, 0.29) is 0 Å². The monoisotopic (exact) mass is 416 g/mol. The zero-order chi connectivity index (χ0) is 17.2. The van der Waals surface area contributed by atoms with E-state index in [1.807, 2.05) is 0 Å². The third kappa shape index (κ3) is 3.44. The SMILES string of the molecule is CCCCN1C=CN2CCCN3C=CN(CCCC)C3[PH](C)(Br)C12. The number of hydrogen-bond acceptors (Lipinski definition) is 4. The summed E-state index contributed by atoms with van der Waals surface area (Å²) in [7, 11) is 0. The number of nitrogens with zero attached hydrogens (tertiary/aromatic N) is 4. The van der Waals surface area contributed by atoms with Crippen LogP contribution in [0.5, 0.6) is 0 Å². The van der Waals surface area contributed by atoms with E-state index in [9.17, 15) is 0 Å². The van der Waals surface area contributed by atoms with Crippen LogP contribution in [0.3, 0.4) is 0 Å². The van der Waals surface area contributed by atoms with Crippen molar-refractivity contribution in [3.63, 3.8) is 0 Å². The summed E-state index contributed by atoms with van der Waals surface area (Å²) in [6.07, 6.45) is 15.7. The molecular formula is C18H34BrN4P. The van der Waals surface area contributed by atoms with Gasteiger partial charge >= 0.3 is 156 Å². The van der Waals surface area contributed by atoms with Gasteiger partial charge in [0.15, 0.2) is 0 Å². The Morgan fingerprint density at radius 2 is 1.33 bits per heavy atom. The van der Waals surface area contributed by atoms with E-state index in [0.717, 1.165) is 0 Å². The van der Waals surface area contributed by atoms with Gasteiger partial charge in [0.25, 0.3) is 0 Å². The second-order valence-corrected chi connectivity index (χ2v) is 16.0. The maximum absolute atomic E-state index is 4.35. The Bertz CT molecular complexity index is 442. The Morgan fingerprint density at radius 3 is 1.75 bits per heavy atom. The fourth-order valence-corrected chi connectivity index (χ4v) is 11.3. The molecule has 1 fully saturated rings. The third-order valence-electron chi connectivity index (χ3n) is 5.54. The molecule has 0 aromatic rings. The van der Waals surface area contributed by atoms with E-state index in [2.05, 4.69) is 80.4 Å². The van der Waals surface area contributed by atoms with Gasteiger partial charge in [0.2, 0.25) is 0 Å². The van der Waals surface area contributed by atoms with Crippen molar-refractivity contribution in [3.05, 3.63) is 24.8 Å². The molecule has 138 valence electrons. The van der Waals surface area contributed by atoms with Crippen molar-refractivity contribution in [2.45, 2.75) is 57.8 Å². The molecule has 3 aliphatic heterocycles. The molecule has 3 heterocycles. The number of hydrogen-bond donors (Lipinski definition) is 0. The van der Waals surface area contributed by atoms with Crippen LogP contribution in [0.2, 0.25) is 0 Å². The van der Waals surface area contributed by atoms with Crippen molar-refractivity contribution in [2.24, 2.45) is 0 Å². The Morgan fingerprint density at radius 1 is 0.875 bits per heavy atom. The molecule has 3 aliphatic rings. The van der Waals surface area contributed by atoms with Crippen LogP contribution >= 0.6 is 21.5 Å². The van der Waals surface area contributed by atoms with E-state index < -0.39 is 5.96 Å². The molecule has 0 bridgehead atoms. The van der Waals surface area contributed by atoms with Crippen molar-refractivity contribution >= 4 is 21.5 Å². The van der Waals surface area contributed by atoms with Crippen LogP contribution in [-0.2, 0) is 0 Å². The van der Waals surface area contributed by atoms with E-state index in [0.29, 0.717) is 11.8 Å². The Balaban J connectivity index is 1.84. The van der Waals surface area contributed by atoms with Crippen LogP contribution in [0.15, 0.2) is 24.8 Å². The predicted molar refractivity (Wildman–Crippen MR) is 110 cm³/mol. The summed E-state index contributed by atoms with van der Waals surface area (Å²) in [6, 6.07) is 0. The molecule has 0 aromatic carbocycles. The van der Waals surface area contributed by atoms with Gasteiger partial charge in [-0.1, -0.05) is 0 Å². The topological polar surface area (TPSA) is 13.0 Å². The Kier molecular flexibility index (Phi) is 6.02. The molecule has 0 aromatic heterocycles. The molecule has 1 saturated heterocycles. The minimum absolute atomic E-state index is 0.529. The van der Waals surface area contributed by atoms with E-state index in [1.165, 1.54) is 58.3 Å². The second-order valence-electron chi connectivity index (χ2n) is 7.51. The van der Waals surface area contributed by atoms with Gasteiger partial charge in [-0.3, -0.25) is 0 Å². The van der Waals surface area contributed by atoms with Crippen LogP contribution in [0.25, 0.3) is 0 Å². The summed E-state index contributed by atoms with van der Waals surface area (Å²) < 4.78 is 0. The second kappa shape index (κ2) is 7.86. The number of rotatable bonds is 6. The van der Waals surface area contributed by atoms with Crippen molar-refractivity contribution in [2.75, 3.05) is 32.8 Å². The van der Waals surface area contributed by atoms with Crippen LogP contribution in [0.1, 0.15) is 46.0 Å². The van der Waals surface area contributed by atoms with Gasteiger partial charge in [0, 0.05) is 0 Å². The molecule has 0 spiro atoms. The molecule has 24 heavy (non-hydrogen) atoms. The van der Waals surface area contributed by atoms with Gasteiger partial charge in [-0.05, 0) is 0 Å². The molecule has 0 aliphatic carbocycles. The fourth-order valence-electron chi connectivity index (χ4n) is 4.38. The van der Waals surface area contributed by atoms with E-state index in [1.54, 1.807) is 0 Å². The van der Waals surface area contributed by atoms with Crippen LogP contribution in [0.4, 0.5) is 0 Å². The predicted octanol–water partition coefficient (Wildman–Crippen LogP) is 4.42. The summed E-state index contributed by atoms with van der Waals surface area (Å²) in [5.74, 6) is -0.711. The first kappa shape index (κ1) is 18.4. The van der Waals surface area contributed by atoms with Crippen LogP contribution in [-0.4, -0.2) is 64.3 Å². The van der Waals surface area contributed by atoms with Crippen molar-refractivity contribution in [1.29, 1.82) is 0 Å². The maximum atomic E-state index is 4.35. The minimum atomic E-state index is -1.77. The first-order chi connectivity index (χ1) is 11.6. The van der Waals surface area contributed by atoms with E-state index in [4.69, 9.17) is 0 Å². The van der Waals surface area contributed by atoms with Gasteiger partial charge < -0.3 is 0 Å². The van der Waals surface area contributed by atoms with Gasteiger partial charge in [-0.15, -0.1) is 0 Å². The molecule has 2 unspecified atom stereocenters. The number of fused-ring (bicyclic) bond motifs is 2. The first-order valence-corrected chi connectivity index (χ1v) is 14.6. The number of unbranched alkanes of at least 4 members (excludes halogenated alkanes) is 2. The summed E-state index contributed by atoms with van der Waals surface area (Å²) in [6.45, 7) is 11.8. The molecule has 6 heteroatoms. The van der Waals surface area contributed by atoms with Gasteiger partial charge in [0.05, 0.1) is 0 Å². The zero-order valence-electron chi connectivity index (χ0n) is 15.5. The summed E-state index contributed by atoms with van der Waals surface area (Å²) >= 11 is 4.35. The van der Waals surface area contributed by atoms with Crippen molar-refractivity contribution < 1.29 is 0 Å². The quantitative estimate of drug-likeness (QED) is 0.593. The Labute approximate surface area is 156 Å². The first-order valence-electron chi connectivity index (χ1n) is 9.68. The van der Waals surface area contributed by atoms with Crippen molar-refractivity contribution in [1.82, 2.24) is 19.6 Å². The molecular weight excluding hydrogens is 383 g/mol. The molecule has 0 radical (unpaired) electrons. The third-order valence-corrected chi connectivity index (χ3v) is 11.3. The zero-order valence-corrected chi connectivity index (χ0v) is 18.1. The van der Waals surface area contributed by atoms with Crippen LogP contribution in [0, 0.1) is 0 Å². The molecule has 3 rings (SSSR count). The van der Waals surface area contributed by atoms with E-state index >= 15 is 0 Å². The Hall–Kier alpha value is -0.410. The molecule has 2 atom stereocenters. The van der Waals surface area contributed by atoms with Gasteiger partial charge in [-0.2, -0.15) is 0 Å². The summed E-state index contributed by atoms with van der Waals surface area (Å²) in [5, 5.41) is 0. The molecule has 0 N–H and O–H groups in total. The fraction of sp³-hybridized carbons (Fsp3) is 0.778. The average Bonchev–Trinajstić information content (AvgIpc) is 3.14. The number of halogens is 1. The summed E-state index contributed by atoms with van der Waals surface area (Å²) in [5.41, 5.74) is 0. The molecule has 0 saturated carbocycles. The van der Waals surface area contributed by atoms with Gasteiger partial charge in [-0.25, -0.2) is 0 Å². The van der Waals surface area contributed by atoms with Crippen LogP contribution < -0.4 is 0 Å². The molecule has 0 amide bonds. The van der Waals surface area contributed by atoms with Gasteiger partial charge in [0.1, 0.15) is 0 Å².